The maximum Gasteiger partial charge on any atom is 0.421 e. The normalized spacial score (nSPS) is 11.2. The van der Waals surface area contributed by atoms with Gasteiger partial charge in [-0.1, -0.05) is 60.2 Å². The van der Waals surface area contributed by atoms with Crippen LogP contribution in [0, 0.1) is 13.8 Å². The molecule has 0 saturated carbocycles. The zero-order valence-corrected chi connectivity index (χ0v) is 19.7. The summed E-state index contributed by atoms with van der Waals surface area (Å²) < 4.78 is 33.3. The van der Waals surface area contributed by atoms with Gasteiger partial charge in [0, 0.05) is 18.2 Å². The Balaban J connectivity index is 1.32. The number of sulfonamides is 1. The number of hydrogen-bond acceptors (Lipinski definition) is 5. The van der Waals surface area contributed by atoms with Crippen molar-refractivity contribution in [3.05, 3.63) is 102 Å². The van der Waals surface area contributed by atoms with E-state index in [4.69, 9.17) is 4.74 Å². The summed E-state index contributed by atoms with van der Waals surface area (Å²) >= 11 is 0. The van der Waals surface area contributed by atoms with E-state index in [1.54, 1.807) is 12.1 Å². The molecule has 0 aliphatic heterocycles. The van der Waals surface area contributed by atoms with Crippen molar-refractivity contribution in [3.63, 3.8) is 0 Å². The number of benzene rings is 3. The van der Waals surface area contributed by atoms with Gasteiger partial charge in [0.15, 0.2) is 0 Å². The summed E-state index contributed by atoms with van der Waals surface area (Å²) in [6, 6.07) is 24.1. The van der Waals surface area contributed by atoms with Gasteiger partial charge >= 0.3 is 6.09 Å². The molecule has 0 spiro atoms. The Morgan fingerprint density at radius 1 is 0.941 bits per heavy atom. The van der Waals surface area contributed by atoms with Gasteiger partial charge in [0.1, 0.15) is 0 Å². The van der Waals surface area contributed by atoms with Crippen molar-refractivity contribution in [2.24, 2.45) is 0 Å². The van der Waals surface area contributed by atoms with Gasteiger partial charge in [0.25, 0.3) is 10.0 Å². The topological polar surface area (TPSA) is 90.3 Å². The minimum atomic E-state index is -3.96. The Kier molecular flexibility index (Phi) is 6.79. The number of nitrogens with zero attached hydrogens (tertiary/aromatic N) is 2. The number of amides is 1. The van der Waals surface area contributed by atoms with Crippen LogP contribution in [0.15, 0.2) is 90.0 Å². The number of nitrogens with one attached hydrogen (secondary N) is 1. The fourth-order valence-corrected chi connectivity index (χ4v) is 4.38. The molecule has 0 aliphatic carbocycles. The first-order valence-corrected chi connectivity index (χ1v) is 12.3. The van der Waals surface area contributed by atoms with E-state index in [1.165, 1.54) is 12.1 Å². The molecule has 1 N–H and O–H groups in total. The van der Waals surface area contributed by atoms with Crippen LogP contribution in [0.25, 0.3) is 16.8 Å². The number of aryl methyl sites for hydroxylation is 2. The van der Waals surface area contributed by atoms with Crippen LogP contribution in [0.3, 0.4) is 0 Å². The van der Waals surface area contributed by atoms with Crippen molar-refractivity contribution in [2.45, 2.75) is 25.2 Å². The average molecular weight is 476 g/mol. The van der Waals surface area contributed by atoms with Gasteiger partial charge in [-0.25, -0.2) is 22.6 Å². The second-order valence-corrected chi connectivity index (χ2v) is 9.59. The molecule has 0 bridgehead atoms. The van der Waals surface area contributed by atoms with Crippen molar-refractivity contribution < 1.29 is 17.9 Å². The Bertz CT molecular complexity index is 1380. The fraction of sp³-hybridized carbons (Fsp3) is 0.154. The van der Waals surface area contributed by atoms with E-state index in [0.717, 1.165) is 33.6 Å². The molecule has 3 aromatic carbocycles. The van der Waals surface area contributed by atoms with Gasteiger partial charge < -0.3 is 4.74 Å². The molecule has 0 atom stereocenters. The lowest BCUT2D eigenvalue weighted by Crippen LogP contribution is -2.31. The minimum Gasteiger partial charge on any atom is -0.448 e. The summed E-state index contributed by atoms with van der Waals surface area (Å²) in [5.74, 6) is 0. The van der Waals surface area contributed by atoms with E-state index in [-0.39, 0.29) is 11.5 Å². The van der Waals surface area contributed by atoms with Crippen LogP contribution in [0.4, 0.5) is 4.79 Å². The van der Waals surface area contributed by atoms with Crippen LogP contribution in [-0.2, 0) is 21.2 Å². The van der Waals surface area contributed by atoms with E-state index < -0.39 is 16.1 Å². The van der Waals surface area contributed by atoms with Crippen molar-refractivity contribution in [2.75, 3.05) is 6.61 Å². The molecule has 0 radical (unpaired) electrons. The summed E-state index contributed by atoms with van der Waals surface area (Å²) in [5.41, 5.74) is 5.91. The van der Waals surface area contributed by atoms with E-state index in [1.807, 2.05) is 71.9 Å². The number of carbonyl (C=O) groups is 1. The number of hydrogen-bond donors (Lipinski definition) is 1. The molecule has 0 saturated heterocycles. The largest absolute Gasteiger partial charge is 0.448 e. The summed E-state index contributed by atoms with van der Waals surface area (Å²) in [6.07, 6.45) is 1.45. The van der Waals surface area contributed by atoms with Crippen LogP contribution in [0.1, 0.15) is 16.8 Å². The number of ether oxygens (including phenoxy) is 1. The smallest absolute Gasteiger partial charge is 0.421 e. The van der Waals surface area contributed by atoms with Gasteiger partial charge in [0.2, 0.25) is 0 Å². The third kappa shape index (κ3) is 5.52. The standard InChI is InChI=1S/C26H25N3O4S/c1-19-8-14-24(15-9-19)34(31,32)28-26(30)33-17-16-21-10-12-23(13-11-21)29-18-25(20(2)27-29)22-6-4-3-5-7-22/h3-15,18H,16-17H2,1-2H3,(H,28,30). The highest BCUT2D eigenvalue weighted by atomic mass is 32.2. The average Bonchev–Trinajstić information content (AvgIpc) is 3.21. The zero-order valence-electron chi connectivity index (χ0n) is 18.9. The van der Waals surface area contributed by atoms with Crippen molar-refractivity contribution >= 4 is 16.1 Å². The molecule has 0 fully saturated rings. The third-order valence-corrected chi connectivity index (χ3v) is 6.69. The van der Waals surface area contributed by atoms with Crippen LogP contribution in [-0.4, -0.2) is 30.9 Å². The van der Waals surface area contributed by atoms with E-state index in [2.05, 4.69) is 17.2 Å². The SMILES string of the molecule is Cc1ccc(S(=O)(=O)NC(=O)OCCc2ccc(-n3cc(-c4ccccc4)c(C)n3)cc2)cc1. The molecular weight excluding hydrogens is 450 g/mol. The summed E-state index contributed by atoms with van der Waals surface area (Å²) in [4.78, 5) is 12.0. The quantitative estimate of drug-likeness (QED) is 0.414. The van der Waals surface area contributed by atoms with Gasteiger partial charge in [-0.2, -0.15) is 5.10 Å². The summed E-state index contributed by atoms with van der Waals surface area (Å²) in [7, 11) is -3.96. The van der Waals surface area contributed by atoms with E-state index in [0.29, 0.717) is 6.42 Å². The van der Waals surface area contributed by atoms with E-state index >= 15 is 0 Å². The molecule has 174 valence electrons. The summed E-state index contributed by atoms with van der Waals surface area (Å²) in [5, 5.41) is 4.62. The molecule has 8 heteroatoms. The van der Waals surface area contributed by atoms with Gasteiger partial charge in [0.05, 0.1) is 22.9 Å². The Morgan fingerprint density at radius 3 is 2.29 bits per heavy atom. The predicted octanol–water partition coefficient (Wildman–Crippen LogP) is 4.81. The molecule has 1 amide bonds. The van der Waals surface area contributed by atoms with E-state index in [9.17, 15) is 13.2 Å². The Morgan fingerprint density at radius 2 is 1.62 bits per heavy atom. The highest BCUT2D eigenvalue weighted by molar-refractivity contribution is 7.90. The van der Waals surface area contributed by atoms with Gasteiger partial charge in [-0.05, 0) is 49.2 Å². The highest BCUT2D eigenvalue weighted by Crippen LogP contribution is 2.23. The lowest BCUT2D eigenvalue weighted by molar-refractivity contribution is 0.154. The zero-order chi connectivity index (χ0) is 24.1. The lowest BCUT2D eigenvalue weighted by Gasteiger charge is -2.09. The first-order valence-electron chi connectivity index (χ1n) is 10.8. The Labute approximate surface area is 199 Å². The molecule has 1 heterocycles. The molecular formula is C26H25N3O4S. The van der Waals surface area contributed by atoms with Crippen LogP contribution in [0.5, 0.6) is 0 Å². The first kappa shape index (κ1) is 23.3. The molecule has 4 rings (SSSR count). The second-order valence-electron chi connectivity index (χ2n) is 7.91. The van der Waals surface area contributed by atoms with Crippen molar-refractivity contribution in [1.82, 2.24) is 14.5 Å². The van der Waals surface area contributed by atoms with Crippen LogP contribution in [0.2, 0.25) is 0 Å². The maximum absolute atomic E-state index is 12.3. The van der Waals surface area contributed by atoms with Crippen LogP contribution >= 0.6 is 0 Å². The number of rotatable bonds is 7. The van der Waals surface area contributed by atoms with Gasteiger partial charge in [-0.3, -0.25) is 0 Å². The first-order chi connectivity index (χ1) is 16.3. The highest BCUT2D eigenvalue weighted by Gasteiger charge is 2.18. The third-order valence-electron chi connectivity index (χ3n) is 5.36. The maximum atomic E-state index is 12.3. The number of carbonyl (C=O) groups excluding carboxylic acids is 1. The summed E-state index contributed by atoms with van der Waals surface area (Å²) in [6.45, 7) is 3.88. The molecule has 7 nitrogen and oxygen atoms in total. The van der Waals surface area contributed by atoms with Crippen LogP contribution < -0.4 is 4.72 Å². The molecule has 4 aromatic rings. The van der Waals surface area contributed by atoms with Crippen molar-refractivity contribution in [3.8, 4) is 16.8 Å². The molecule has 1 aromatic heterocycles. The minimum absolute atomic E-state index is 0.00918. The van der Waals surface area contributed by atoms with Gasteiger partial charge in [-0.15, -0.1) is 0 Å². The fourth-order valence-electron chi connectivity index (χ4n) is 3.49. The second kappa shape index (κ2) is 9.93. The van der Waals surface area contributed by atoms with Crippen molar-refractivity contribution in [1.29, 1.82) is 0 Å². The molecule has 0 aliphatic rings. The monoisotopic (exact) mass is 475 g/mol. The Hall–Kier alpha value is -3.91. The predicted molar refractivity (Wildman–Crippen MR) is 130 cm³/mol. The number of aromatic nitrogens is 2. The molecule has 34 heavy (non-hydrogen) atoms. The molecule has 0 unspecified atom stereocenters. The lowest BCUT2D eigenvalue weighted by atomic mass is 10.1.